The molecule has 0 aliphatic rings. The van der Waals surface area contributed by atoms with Crippen LogP contribution in [0.15, 0.2) is 91.1 Å². The number of aromatic nitrogens is 4. The van der Waals surface area contributed by atoms with E-state index in [4.69, 9.17) is 0 Å². The Labute approximate surface area is 179 Å². The summed E-state index contributed by atoms with van der Waals surface area (Å²) < 4.78 is 0. The molecule has 3 aromatic carbocycles. The fourth-order valence-electron chi connectivity index (χ4n) is 3.74. The molecule has 0 fully saturated rings. The smallest absolute Gasteiger partial charge is 0.181 e. The third-order valence-corrected chi connectivity index (χ3v) is 5.25. The lowest BCUT2D eigenvalue weighted by Gasteiger charge is -2.09. The number of benzene rings is 3. The fourth-order valence-corrected chi connectivity index (χ4v) is 3.74. The van der Waals surface area contributed by atoms with Crippen LogP contribution >= 0.6 is 0 Å². The van der Waals surface area contributed by atoms with Gasteiger partial charge in [0.25, 0.3) is 0 Å². The molecule has 0 spiro atoms. The van der Waals surface area contributed by atoms with Gasteiger partial charge in [-0.25, -0.2) is 4.98 Å². The molecule has 0 aliphatic heterocycles. The van der Waals surface area contributed by atoms with Gasteiger partial charge in [-0.05, 0) is 51.9 Å². The minimum absolute atomic E-state index is 0.644. The molecule has 5 rings (SSSR count). The van der Waals surface area contributed by atoms with Crippen molar-refractivity contribution in [3.63, 3.8) is 0 Å². The van der Waals surface area contributed by atoms with Gasteiger partial charge in [0.2, 0.25) is 0 Å². The molecule has 2 heterocycles. The van der Waals surface area contributed by atoms with Crippen molar-refractivity contribution in [2.45, 2.75) is 6.42 Å². The highest BCUT2D eigenvalue weighted by Gasteiger charge is 2.11. The van der Waals surface area contributed by atoms with Crippen molar-refractivity contribution >= 4 is 16.5 Å². The number of hydrogen-bond donors (Lipinski definition) is 2. The zero-order valence-corrected chi connectivity index (χ0v) is 16.7. The summed E-state index contributed by atoms with van der Waals surface area (Å²) in [6.07, 6.45) is 4.20. The summed E-state index contributed by atoms with van der Waals surface area (Å²) in [7, 11) is 0. The summed E-state index contributed by atoms with van der Waals surface area (Å²) in [6, 6.07) is 28.5. The lowest BCUT2D eigenvalue weighted by molar-refractivity contribution is 0.973. The molecule has 5 heteroatoms. The monoisotopic (exact) mass is 401 g/mol. The van der Waals surface area contributed by atoms with Gasteiger partial charge in [-0.2, -0.15) is 10.4 Å². The largest absolute Gasteiger partial charge is 0.361 e. The van der Waals surface area contributed by atoms with Gasteiger partial charge in [-0.1, -0.05) is 54.6 Å². The topological polar surface area (TPSA) is 81.2 Å². The van der Waals surface area contributed by atoms with E-state index in [0.717, 1.165) is 39.0 Å². The lowest BCUT2D eigenvalue weighted by atomic mass is 9.95. The maximum absolute atomic E-state index is 9.40. The summed E-state index contributed by atoms with van der Waals surface area (Å²) >= 11 is 0. The van der Waals surface area contributed by atoms with Crippen LogP contribution in [0.25, 0.3) is 27.9 Å². The van der Waals surface area contributed by atoms with Crippen molar-refractivity contribution in [3.05, 3.63) is 114 Å². The Hall–Kier alpha value is -4.43. The van der Waals surface area contributed by atoms with E-state index < -0.39 is 0 Å². The highest BCUT2D eigenvalue weighted by molar-refractivity contribution is 5.89. The number of nitrogens with zero attached hydrogens (tertiary/aromatic N) is 3. The number of hydrogen-bond acceptors (Lipinski definition) is 3. The number of nitriles is 1. The van der Waals surface area contributed by atoms with E-state index in [-0.39, 0.29) is 0 Å². The van der Waals surface area contributed by atoms with Crippen LogP contribution in [0, 0.1) is 11.3 Å². The zero-order valence-electron chi connectivity index (χ0n) is 16.7. The van der Waals surface area contributed by atoms with E-state index >= 15 is 0 Å². The standard InChI is InChI=1S/C26H19N5/c27-13-11-23(20-9-10-24-21(16-20)12-14-28-24)19-7-4-8-22(17-19)26-29-25(30-31-26)15-18-5-2-1-3-6-18/h1-12,14,16-17,28H,15H2,(H,29,30,31). The van der Waals surface area contributed by atoms with Crippen LogP contribution in [0.4, 0.5) is 0 Å². The number of aromatic amines is 2. The van der Waals surface area contributed by atoms with Gasteiger partial charge in [0.05, 0.1) is 6.07 Å². The van der Waals surface area contributed by atoms with E-state index in [9.17, 15) is 5.26 Å². The van der Waals surface area contributed by atoms with Crippen LogP contribution < -0.4 is 0 Å². The molecular weight excluding hydrogens is 382 g/mol. The number of allylic oxidation sites excluding steroid dienone is 1. The molecule has 2 N–H and O–H groups in total. The Morgan fingerprint density at radius 1 is 0.935 bits per heavy atom. The summed E-state index contributed by atoms with van der Waals surface area (Å²) in [5.41, 5.74) is 5.96. The predicted molar refractivity (Wildman–Crippen MR) is 122 cm³/mol. The van der Waals surface area contributed by atoms with Gasteiger partial charge < -0.3 is 4.98 Å². The van der Waals surface area contributed by atoms with Crippen molar-refractivity contribution < 1.29 is 0 Å². The van der Waals surface area contributed by atoms with E-state index in [2.05, 4.69) is 44.4 Å². The van der Waals surface area contributed by atoms with Gasteiger partial charge in [-0.15, -0.1) is 0 Å². The third kappa shape index (κ3) is 3.87. The molecule has 0 saturated heterocycles. The molecule has 0 saturated carbocycles. The predicted octanol–water partition coefficient (Wildman–Crippen LogP) is 5.50. The maximum Gasteiger partial charge on any atom is 0.181 e. The first kappa shape index (κ1) is 18.6. The van der Waals surface area contributed by atoms with E-state index in [1.165, 1.54) is 5.56 Å². The molecule has 0 atom stereocenters. The quantitative estimate of drug-likeness (QED) is 0.382. The van der Waals surface area contributed by atoms with Crippen LogP contribution in [0.1, 0.15) is 22.5 Å². The second kappa shape index (κ2) is 8.13. The average molecular weight is 401 g/mol. The van der Waals surface area contributed by atoms with Crippen molar-refractivity contribution in [2.24, 2.45) is 0 Å². The first-order valence-electron chi connectivity index (χ1n) is 10.0. The van der Waals surface area contributed by atoms with Crippen LogP contribution in [0.5, 0.6) is 0 Å². The summed E-state index contributed by atoms with van der Waals surface area (Å²) in [5, 5.41) is 18.0. The Morgan fingerprint density at radius 2 is 1.81 bits per heavy atom. The fraction of sp³-hybridized carbons (Fsp3) is 0.0385. The Morgan fingerprint density at radius 3 is 2.68 bits per heavy atom. The molecule has 2 aromatic heterocycles. The van der Waals surface area contributed by atoms with Gasteiger partial charge >= 0.3 is 0 Å². The molecule has 0 radical (unpaired) electrons. The second-order valence-electron chi connectivity index (χ2n) is 7.32. The van der Waals surface area contributed by atoms with Crippen molar-refractivity contribution in [3.8, 4) is 17.5 Å². The second-order valence-corrected chi connectivity index (χ2v) is 7.32. The summed E-state index contributed by atoms with van der Waals surface area (Å²) in [6.45, 7) is 0. The highest BCUT2D eigenvalue weighted by Crippen LogP contribution is 2.29. The molecule has 0 bridgehead atoms. The molecule has 0 unspecified atom stereocenters. The molecule has 5 nitrogen and oxygen atoms in total. The van der Waals surface area contributed by atoms with Gasteiger partial charge in [0.15, 0.2) is 5.82 Å². The Kier molecular flexibility index (Phi) is 4.88. The minimum atomic E-state index is 0.644. The Balaban J connectivity index is 1.47. The highest BCUT2D eigenvalue weighted by atomic mass is 15.2. The van der Waals surface area contributed by atoms with Crippen molar-refractivity contribution in [1.82, 2.24) is 20.2 Å². The van der Waals surface area contributed by atoms with E-state index in [1.807, 2.05) is 66.9 Å². The average Bonchev–Trinajstić information content (AvgIpc) is 3.47. The van der Waals surface area contributed by atoms with E-state index in [1.54, 1.807) is 6.08 Å². The van der Waals surface area contributed by atoms with Crippen LogP contribution in [-0.4, -0.2) is 20.2 Å². The van der Waals surface area contributed by atoms with Crippen LogP contribution in [-0.2, 0) is 6.42 Å². The first-order chi connectivity index (χ1) is 15.3. The third-order valence-electron chi connectivity index (χ3n) is 5.25. The SMILES string of the molecule is N#CC=C(c1cccc(-c2n[nH]c(Cc3ccccc3)n2)c1)c1ccc2[nH]ccc2c1. The Bertz CT molecular complexity index is 1420. The summed E-state index contributed by atoms with van der Waals surface area (Å²) in [5.74, 6) is 1.46. The molecule has 148 valence electrons. The first-order valence-corrected chi connectivity index (χ1v) is 10.0. The number of nitrogens with one attached hydrogen (secondary N) is 2. The van der Waals surface area contributed by atoms with Gasteiger partial charge in [0, 0.05) is 29.8 Å². The zero-order chi connectivity index (χ0) is 21.0. The van der Waals surface area contributed by atoms with Gasteiger partial charge in [0.1, 0.15) is 5.82 Å². The molecule has 0 amide bonds. The molecule has 0 aliphatic carbocycles. The summed E-state index contributed by atoms with van der Waals surface area (Å²) in [4.78, 5) is 7.88. The van der Waals surface area contributed by atoms with E-state index in [0.29, 0.717) is 12.2 Å². The maximum atomic E-state index is 9.40. The van der Waals surface area contributed by atoms with Crippen LogP contribution in [0.2, 0.25) is 0 Å². The number of rotatable bonds is 5. The van der Waals surface area contributed by atoms with Crippen molar-refractivity contribution in [1.29, 1.82) is 5.26 Å². The lowest BCUT2D eigenvalue weighted by Crippen LogP contribution is -1.91. The molecule has 31 heavy (non-hydrogen) atoms. The molecule has 5 aromatic rings. The molecular formula is C26H19N5. The normalized spacial score (nSPS) is 11.5. The number of fused-ring (bicyclic) bond motifs is 1. The van der Waals surface area contributed by atoms with Crippen LogP contribution in [0.3, 0.4) is 0 Å². The minimum Gasteiger partial charge on any atom is -0.361 e. The number of H-pyrrole nitrogens is 2. The van der Waals surface area contributed by atoms with Gasteiger partial charge in [-0.3, -0.25) is 5.10 Å². The van der Waals surface area contributed by atoms with Crippen molar-refractivity contribution in [2.75, 3.05) is 0 Å².